The first kappa shape index (κ1) is 26.2. The number of rotatable bonds is 6. The summed E-state index contributed by atoms with van der Waals surface area (Å²) in [6.45, 7) is 18.5. The van der Waals surface area contributed by atoms with E-state index in [1.54, 1.807) is 12.5 Å². The molecule has 0 spiro atoms. The maximum atomic E-state index is 11.8. The van der Waals surface area contributed by atoms with Gasteiger partial charge >= 0.3 is 5.97 Å². The highest BCUT2D eigenvalue weighted by atomic mass is 16.5. The van der Waals surface area contributed by atoms with Crippen LogP contribution in [0.2, 0.25) is 0 Å². The molecule has 0 heterocycles. The van der Waals surface area contributed by atoms with Gasteiger partial charge in [0.25, 0.3) is 0 Å². The van der Waals surface area contributed by atoms with E-state index < -0.39 is 0 Å². The standard InChI is InChI=1S/C31H52O3/c1-20(10-9-11-21(2)32)23-14-18-31(8)25-12-13-26-28(4,5)27(34-22(3)33)16-17-29(26,6)24(25)15-19-30(23,31)7/h20-21,23,26-27,32H,9-19H2,1-8H3/t20-,21?,23-,26+,27+,29-,30-,31+/m1/s1. The van der Waals surface area contributed by atoms with Crippen LogP contribution in [0.5, 0.6) is 0 Å². The lowest BCUT2D eigenvalue weighted by atomic mass is 9.43. The van der Waals surface area contributed by atoms with Gasteiger partial charge in [-0.15, -0.1) is 0 Å². The molecule has 0 aromatic carbocycles. The summed E-state index contributed by atoms with van der Waals surface area (Å²) >= 11 is 0. The smallest absolute Gasteiger partial charge is 0.302 e. The van der Waals surface area contributed by atoms with E-state index in [9.17, 15) is 9.90 Å². The Morgan fingerprint density at radius 2 is 1.68 bits per heavy atom. The Bertz CT molecular complexity index is 825. The molecular weight excluding hydrogens is 420 g/mol. The Balaban J connectivity index is 1.61. The fraction of sp³-hybridized carbons (Fsp3) is 0.903. The van der Waals surface area contributed by atoms with Gasteiger partial charge < -0.3 is 9.84 Å². The second-order valence-corrected chi connectivity index (χ2v) is 14.1. The second-order valence-electron chi connectivity index (χ2n) is 14.1. The van der Waals surface area contributed by atoms with Crippen LogP contribution in [-0.4, -0.2) is 23.3 Å². The van der Waals surface area contributed by atoms with Gasteiger partial charge in [0, 0.05) is 12.3 Å². The highest BCUT2D eigenvalue weighted by molar-refractivity contribution is 5.66. The maximum absolute atomic E-state index is 11.8. The fourth-order valence-corrected chi connectivity index (χ4v) is 9.96. The molecule has 194 valence electrons. The topological polar surface area (TPSA) is 46.5 Å². The molecule has 2 fully saturated rings. The van der Waals surface area contributed by atoms with E-state index in [2.05, 4.69) is 41.5 Å². The quantitative estimate of drug-likeness (QED) is 0.316. The van der Waals surface area contributed by atoms with Crippen LogP contribution in [-0.2, 0) is 9.53 Å². The van der Waals surface area contributed by atoms with Gasteiger partial charge in [0.1, 0.15) is 6.10 Å². The van der Waals surface area contributed by atoms with Gasteiger partial charge in [-0.1, -0.05) is 65.5 Å². The Morgan fingerprint density at radius 3 is 2.32 bits per heavy atom. The van der Waals surface area contributed by atoms with Crippen molar-refractivity contribution in [1.29, 1.82) is 0 Å². The summed E-state index contributed by atoms with van der Waals surface area (Å²) in [5.74, 6) is 1.99. The van der Waals surface area contributed by atoms with Crippen molar-refractivity contribution in [1.82, 2.24) is 0 Å². The first-order valence-electron chi connectivity index (χ1n) is 14.4. The summed E-state index contributed by atoms with van der Waals surface area (Å²) in [6, 6.07) is 0. The second kappa shape index (κ2) is 8.93. The van der Waals surface area contributed by atoms with Crippen LogP contribution < -0.4 is 0 Å². The zero-order chi connectivity index (χ0) is 25.1. The Morgan fingerprint density at radius 1 is 0.971 bits per heavy atom. The molecule has 0 aromatic heterocycles. The lowest BCUT2D eigenvalue weighted by Gasteiger charge is -2.62. The van der Waals surface area contributed by atoms with E-state index in [0.717, 1.165) is 37.5 Å². The van der Waals surface area contributed by atoms with E-state index >= 15 is 0 Å². The van der Waals surface area contributed by atoms with Crippen molar-refractivity contribution in [2.45, 2.75) is 138 Å². The number of carbonyl (C=O) groups excluding carboxylic acids is 1. The van der Waals surface area contributed by atoms with Gasteiger partial charge in [-0.2, -0.15) is 0 Å². The Hall–Kier alpha value is -0.830. The van der Waals surface area contributed by atoms with Gasteiger partial charge in [0.2, 0.25) is 0 Å². The number of fused-ring (bicyclic) bond motifs is 4. The molecule has 1 unspecified atom stereocenters. The molecule has 0 aromatic rings. The largest absolute Gasteiger partial charge is 0.462 e. The fourth-order valence-electron chi connectivity index (χ4n) is 9.96. The first-order chi connectivity index (χ1) is 15.8. The van der Waals surface area contributed by atoms with Crippen LogP contribution in [0.1, 0.15) is 126 Å². The Kier molecular flexibility index (Phi) is 6.89. The van der Waals surface area contributed by atoms with Crippen molar-refractivity contribution in [3.8, 4) is 0 Å². The summed E-state index contributed by atoms with van der Waals surface area (Å²) in [5, 5.41) is 9.72. The monoisotopic (exact) mass is 472 g/mol. The number of ether oxygens (including phenoxy) is 1. The molecule has 4 aliphatic rings. The lowest BCUT2D eigenvalue weighted by Crippen LogP contribution is -2.55. The van der Waals surface area contributed by atoms with E-state index in [1.807, 2.05) is 12.5 Å². The average molecular weight is 473 g/mol. The third-order valence-corrected chi connectivity index (χ3v) is 12.0. The molecule has 4 aliphatic carbocycles. The molecule has 0 amide bonds. The van der Waals surface area contributed by atoms with Gasteiger partial charge in [-0.3, -0.25) is 4.79 Å². The molecule has 34 heavy (non-hydrogen) atoms. The van der Waals surface area contributed by atoms with Crippen molar-refractivity contribution in [3.05, 3.63) is 11.1 Å². The number of carbonyl (C=O) groups is 1. The van der Waals surface area contributed by atoms with Gasteiger partial charge in [-0.25, -0.2) is 0 Å². The molecule has 3 nitrogen and oxygen atoms in total. The third-order valence-electron chi connectivity index (χ3n) is 12.0. The van der Waals surface area contributed by atoms with E-state index in [1.165, 1.54) is 44.9 Å². The molecular formula is C31H52O3. The van der Waals surface area contributed by atoms with E-state index in [-0.39, 0.29) is 29.0 Å². The average Bonchev–Trinajstić information content (AvgIpc) is 3.01. The summed E-state index contributed by atoms with van der Waals surface area (Å²) in [5.41, 5.74) is 4.63. The maximum Gasteiger partial charge on any atom is 0.302 e. The third kappa shape index (κ3) is 3.91. The molecule has 4 rings (SSSR count). The van der Waals surface area contributed by atoms with Crippen molar-refractivity contribution in [3.63, 3.8) is 0 Å². The normalized spacial score (nSPS) is 42.9. The number of hydrogen-bond acceptors (Lipinski definition) is 3. The number of aliphatic hydroxyl groups is 1. The lowest BCUT2D eigenvalue weighted by molar-refractivity contribution is -0.167. The molecule has 0 bridgehead atoms. The number of hydrogen-bond donors (Lipinski definition) is 1. The van der Waals surface area contributed by atoms with Crippen molar-refractivity contribution in [2.75, 3.05) is 0 Å². The molecule has 8 atom stereocenters. The highest BCUT2D eigenvalue weighted by Gasteiger charge is 2.63. The van der Waals surface area contributed by atoms with Gasteiger partial charge in [0.15, 0.2) is 0 Å². The zero-order valence-electron chi connectivity index (χ0n) is 23.4. The summed E-state index contributed by atoms with van der Waals surface area (Å²) in [6.07, 6.45) is 13.1. The van der Waals surface area contributed by atoms with E-state index in [0.29, 0.717) is 16.7 Å². The minimum Gasteiger partial charge on any atom is -0.462 e. The van der Waals surface area contributed by atoms with Gasteiger partial charge in [-0.05, 0) is 98.7 Å². The number of esters is 1. The number of aliphatic hydroxyl groups excluding tert-OH is 1. The minimum atomic E-state index is -0.171. The first-order valence-corrected chi connectivity index (χ1v) is 14.4. The van der Waals surface area contributed by atoms with Crippen LogP contribution >= 0.6 is 0 Å². The van der Waals surface area contributed by atoms with Crippen LogP contribution in [0.15, 0.2) is 11.1 Å². The molecule has 0 radical (unpaired) electrons. The van der Waals surface area contributed by atoms with E-state index in [4.69, 9.17) is 4.74 Å². The predicted octanol–water partition coefficient (Wildman–Crippen LogP) is 7.85. The molecule has 0 saturated heterocycles. The zero-order valence-corrected chi connectivity index (χ0v) is 23.4. The molecule has 0 aliphatic heterocycles. The van der Waals surface area contributed by atoms with Crippen molar-refractivity contribution >= 4 is 5.97 Å². The van der Waals surface area contributed by atoms with Crippen LogP contribution in [0.25, 0.3) is 0 Å². The number of allylic oxidation sites excluding steroid dienone is 2. The van der Waals surface area contributed by atoms with Crippen LogP contribution in [0.4, 0.5) is 0 Å². The van der Waals surface area contributed by atoms with Crippen molar-refractivity contribution in [2.24, 2.45) is 39.4 Å². The predicted molar refractivity (Wildman–Crippen MR) is 139 cm³/mol. The van der Waals surface area contributed by atoms with Crippen LogP contribution in [0, 0.1) is 39.4 Å². The Labute approximate surface area is 209 Å². The molecule has 3 heteroatoms. The highest BCUT2D eigenvalue weighted by Crippen LogP contribution is 2.72. The summed E-state index contributed by atoms with van der Waals surface area (Å²) < 4.78 is 5.86. The van der Waals surface area contributed by atoms with Crippen LogP contribution in [0.3, 0.4) is 0 Å². The minimum absolute atomic E-state index is 0.0232. The van der Waals surface area contributed by atoms with Gasteiger partial charge in [0.05, 0.1) is 6.10 Å². The summed E-state index contributed by atoms with van der Waals surface area (Å²) in [4.78, 5) is 11.8. The SMILES string of the molecule is CC(=O)O[C@H]1CC[C@]2(C)C3=C(CC[C@H]2C1(C)C)[C@]1(C)CC[C@H]([C@H](C)CCCC(C)O)[C@@]1(C)CC3. The van der Waals surface area contributed by atoms with Crippen molar-refractivity contribution < 1.29 is 14.6 Å². The molecule has 2 saturated carbocycles. The molecule has 1 N–H and O–H groups in total. The summed E-state index contributed by atoms with van der Waals surface area (Å²) in [7, 11) is 0.